The monoisotopic (exact) mass is 482 g/mol. The van der Waals surface area contributed by atoms with Gasteiger partial charge in [0.1, 0.15) is 11.5 Å². The molecule has 5 aromatic rings. The van der Waals surface area contributed by atoms with E-state index in [1.165, 1.54) is 56.6 Å². The molecule has 0 bridgehead atoms. The Labute approximate surface area is 218 Å². The highest BCUT2D eigenvalue weighted by Crippen LogP contribution is 2.50. The first-order chi connectivity index (χ1) is 18.2. The molecule has 5 aromatic carbocycles. The number of ether oxygens (including phenoxy) is 2. The van der Waals surface area contributed by atoms with Gasteiger partial charge in [0.15, 0.2) is 5.60 Å². The third-order valence-electron chi connectivity index (χ3n) is 8.27. The molecule has 0 aromatic heterocycles. The predicted molar refractivity (Wildman–Crippen MR) is 153 cm³/mol. The van der Waals surface area contributed by atoms with Crippen molar-refractivity contribution in [3.63, 3.8) is 0 Å². The zero-order valence-electron chi connectivity index (χ0n) is 21.4. The normalized spacial score (nSPS) is 18.3. The fourth-order valence-electron chi connectivity index (χ4n) is 6.33. The number of hydrogen-bond donors (Lipinski definition) is 0. The van der Waals surface area contributed by atoms with Gasteiger partial charge in [0.2, 0.25) is 0 Å². The van der Waals surface area contributed by atoms with E-state index < -0.39 is 5.60 Å². The second-order valence-electron chi connectivity index (χ2n) is 10.4. The Kier molecular flexibility index (Phi) is 5.11. The second kappa shape index (κ2) is 8.52. The number of aryl methyl sites for hydroxylation is 2. The van der Waals surface area contributed by atoms with E-state index in [9.17, 15) is 0 Å². The molecule has 0 saturated heterocycles. The smallest absolute Gasteiger partial charge is 0.178 e. The fourth-order valence-corrected chi connectivity index (χ4v) is 6.33. The summed E-state index contributed by atoms with van der Waals surface area (Å²) in [6, 6.07) is 30.4. The summed E-state index contributed by atoms with van der Waals surface area (Å²) in [5.74, 6) is 1.85. The quantitative estimate of drug-likeness (QED) is 0.240. The maximum absolute atomic E-state index is 7.36. The van der Waals surface area contributed by atoms with Crippen molar-refractivity contribution in [3.8, 4) is 11.5 Å². The molecule has 182 valence electrons. The van der Waals surface area contributed by atoms with Crippen LogP contribution in [0.4, 0.5) is 0 Å². The highest BCUT2D eigenvalue weighted by molar-refractivity contribution is 6.13. The Morgan fingerprint density at radius 3 is 2.19 bits per heavy atom. The molecule has 1 atom stereocenters. The van der Waals surface area contributed by atoms with Crippen LogP contribution in [0.1, 0.15) is 46.2 Å². The van der Waals surface area contributed by atoms with Crippen molar-refractivity contribution in [2.75, 3.05) is 7.11 Å². The first kappa shape index (κ1) is 22.2. The largest absolute Gasteiger partial charge is 0.497 e. The van der Waals surface area contributed by atoms with Gasteiger partial charge in [0.05, 0.1) is 7.11 Å². The molecule has 0 fully saturated rings. The van der Waals surface area contributed by atoms with Gasteiger partial charge < -0.3 is 9.47 Å². The zero-order valence-corrected chi connectivity index (χ0v) is 21.4. The molecule has 1 unspecified atom stereocenters. The van der Waals surface area contributed by atoms with Crippen LogP contribution < -0.4 is 9.47 Å². The Morgan fingerprint density at radius 1 is 0.730 bits per heavy atom. The molecule has 1 aliphatic heterocycles. The number of benzene rings is 5. The van der Waals surface area contributed by atoms with E-state index in [0.717, 1.165) is 35.5 Å². The molecule has 7 rings (SSSR count). The average Bonchev–Trinajstić information content (AvgIpc) is 2.97. The van der Waals surface area contributed by atoms with Crippen molar-refractivity contribution in [2.45, 2.75) is 38.2 Å². The Balaban J connectivity index is 1.55. The van der Waals surface area contributed by atoms with Gasteiger partial charge in [-0.05, 0) is 78.1 Å². The molecule has 2 aliphatic rings. The topological polar surface area (TPSA) is 18.5 Å². The van der Waals surface area contributed by atoms with Crippen molar-refractivity contribution in [2.24, 2.45) is 0 Å². The number of methoxy groups -OCH3 is 1. The maximum Gasteiger partial charge on any atom is 0.178 e. The van der Waals surface area contributed by atoms with Crippen molar-refractivity contribution < 1.29 is 9.47 Å². The van der Waals surface area contributed by atoms with E-state index in [0.29, 0.717) is 0 Å². The van der Waals surface area contributed by atoms with Crippen LogP contribution in [0, 0.1) is 6.92 Å². The molecular weight excluding hydrogens is 452 g/mol. The minimum Gasteiger partial charge on any atom is -0.497 e. The average molecular weight is 483 g/mol. The van der Waals surface area contributed by atoms with Gasteiger partial charge in [0, 0.05) is 22.1 Å². The summed E-state index contributed by atoms with van der Waals surface area (Å²) >= 11 is 0. The third kappa shape index (κ3) is 3.39. The van der Waals surface area contributed by atoms with Crippen LogP contribution in [0.15, 0.2) is 91.0 Å². The van der Waals surface area contributed by atoms with Crippen molar-refractivity contribution >= 4 is 27.6 Å². The molecule has 1 aliphatic carbocycles. The van der Waals surface area contributed by atoms with Crippen molar-refractivity contribution in [3.05, 3.63) is 124 Å². The third-order valence-corrected chi connectivity index (χ3v) is 8.27. The minimum atomic E-state index is -0.736. The Morgan fingerprint density at radius 2 is 1.43 bits per heavy atom. The Hall–Kier alpha value is -4.04. The van der Waals surface area contributed by atoms with Crippen LogP contribution in [0.2, 0.25) is 0 Å². The Bertz CT molecular complexity index is 1680. The first-order valence-electron chi connectivity index (χ1n) is 13.3. The molecule has 0 radical (unpaired) electrons. The SMILES string of the molecule is COc1ccc(C2(c3ccc(C)cc3)C=Cc3c4c(c5ccc6ccccc6c5c3O2)CCCC4)cc1. The lowest BCUT2D eigenvalue weighted by molar-refractivity contribution is 0.163. The highest BCUT2D eigenvalue weighted by Gasteiger charge is 2.39. The number of rotatable bonds is 3. The van der Waals surface area contributed by atoms with E-state index in [-0.39, 0.29) is 0 Å². The molecule has 0 N–H and O–H groups in total. The summed E-state index contributed by atoms with van der Waals surface area (Å²) in [5.41, 5.74) is 6.94. The summed E-state index contributed by atoms with van der Waals surface area (Å²) in [7, 11) is 1.71. The highest BCUT2D eigenvalue weighted by atomic mass is 16.5. The van der Waals surface area contributed by atoms with Gasteiger partial charge in [0.25, 0.3) is 0 Å². The lowest BCUT2D eigenvalue weighted by atomic mass is 9.78. The van der Waals surface area contributed by atoms with Crippen LogP contribution in [0.5, 0.6) is 11.5 Å². The van der Waals surface area contributed by atoms with Gasteiger partial charge in [-0.3, -0.25) is 0 Å². The first-order valence-corrected chi connectivity index (χ1v) is 13.3. The van der Waals surface area contributed by atoms with E-state index in [2.05, 4.69) is 91.9 Å². The summed E-state index contributed by atoms with van der Waals surface area (Å²) < 4.78 is 12.8. The van der Waals surface area contributed by atoms with Crippen LogP contribution in [0.25, 0.3) is 27.6 Å². The fraction of sp³-hybridized carbons (Fsp3) is 0.200. The maximum atomic E-state index is 7.36. The van der Waals surface area contributed by atoms with Crippen LogP contribution in [-0.4, -0.2) is 7.11 Å². The molecule has 2 nitrogen and oxygen atoms in total. The van der Waals surface area contributed by atoms with Crippen LogP contribution in [-0.2, 0) is 18.4 Å². The summed E-state index contributed by atoms with van der Waals surface area (Å²) in [4.78, 5) is 0. The van der Waals surface area contributed by atoms with E-state index in [4.69, 9.17) is 9.47 Å². The van der Waals surface area contributed by atoms with E-state index >= 15 is 0 Å². The van der Waals surface area contributed by atoms with Gasteiger partial charge >= 0.3 is 0 Å². The molecular formula is C35H30O2. The molecule has 0 amide bonds. The van der Waals surface area contributed by atoms with Crippen LogP contribution >= 0.6 is 0 Å². The van der Waals surface area contributed by atoms with Gasteiger partial charge in [-0.25, -0.2) is 0 Å². The van der Waals surface area contributed by atoms with Crippen molar-refractivity contribution in [1.82, 2.24) is 0 Å². The molecule has 1 heterocycles. The lowest BCUT2D eigenvalue weighted by Crippen LogP contribution is -2.34. The summed E-state index contributed by atoms with van der Waals surface area (Å²) in [6.07, 6.45) is 9.33. The number of fused-ring (bicyclic) bond motifs is 8. The van der Waals surface area contributed by atoms with Gasteiger partial charge in [-0.15, -0.1) is 0 Å². The summed E-state index contributed by atoms with van der Waals surface area (Å²) in [5, 5.41) is 5.09. The molecule has 0 spiro atoms. The summed E-state index contributed by atoms with van der Waals surface area (Å²) in [6.45, 7) is 2.13. The van der Waals surface area contributed by atoms with Crippen molar-refractivity contribution in [1.29, 1.82) is 0 Å². The van der Waals surface area contributed by atoms with E-state index in [1.54, 1.807) is 7.11 Å². The predicted octanol–water partition coefficient (Wildman–Crippen LogP) is 8.54. The molecule has 2 heteroatoms. The van der Waals surface area contributed by atoms with Gasteiger partial charge in [-0.2, -0.15) is 0 Å². The van der Waals surface area contributed by atoms with Gasteiger partial charge in [-0.1, -0.05) is 84.4 Å². The second-order valence-corrected chi connectivity index (χ2v) is 10.4. The standard InChI is InChI=1S/C35H30O2/c1-23-11-14-25(15-12-23)35(26-16-18-27(36-2)19-17-26)22-21-32-30-10-6-5-9-29(30)31-20-13-24-7-3-4-8-28(24)33(31)34(32)37-35/h3-4,7-8,11-22H,5-6,9-10H2,1-2H3. The van der Waals surface area contributed by atoms with Crippen LogP contribution in [0.3, 0.4) is 0 Å². The zero-order chi connectivity index (χ0) is 25.0. The minimum absolute atomic E-state index is 0.736. The molecule has 0 saturated carbocycles. The number of hydrogen-bond acceptors (Lipinski definition) is 2. The lowest BCUT2D eigenvalue weighted by Gasteiger charge is -2.38. The van der Waals surface area contributed by atoms with E-state index in [1.807, 2.05) is 12.1 Å². The molecule has 37 heavy (non-hydrogen) atoms.